The minimum atomic E-state index is -0.854. The van der Waals surface area contributed by atoms with E-state index in [1.807, 2.05) is 25.1 Å². The van der Waals surface area contributed by atoms with E-state index < -0.39 is 5.25 Å². The fourth-order valence-electron chi connectivity index (χ4n) is 4.68. The van der Waals surface area contributed by atoms with Crippen LogP contribution in [-0.4, -0.2) is 36.7 Å². The van der Waals surface area contributed by atoms with Crippen LogP contribution in [0.15, 0.2) is 58.4 Å². The van der Waals surface area contributed by atoms with E-state index in [0.717, 1.165) is 49.0 Å². The number of aryl methyl sites for hydroxylation is 1. The molecule has 46 heavy (non-hydrogen) atoms. The molecule has 4 rings (SSSR count). The van der Waals surface area contributed by atoms with E-state index >= 15 is 0 Å². The van der Waals surface area contributed by atoms with E-state index in [1.54, 1.807) is 18.2 Å². The van der Waals surface area contributed by atoms with Gasteiger partial charge in [0.1, 0.15) is 39.7 Å². The number of unbranched alkanes of at least 4 members (excludes halogenated alkanes) is 4. The average molecular weight is 707 g/mol. The van der Waals surface area contributed by atoms with Gasteiger partial charge in [0.15, 0.2) is 0 Å². The highest BCUT2D eigenvalue weighted by molar-refractivity contribution is 8.01. The number of amidine groups is 1. The second kappa shape index (κ2) is 17.2. The summed E-state index contributed by atoms with van der Waals surface area (Å²) in [6.45, 7) is 6.74. The Morgan fingerprint density at radius 2 is 1.67 bits per heavy atom. The highest BCUT2D eigenvalue weighted by Gasteiger charge is 2.41. The normalized spacial score (nSPS) is 15.3. The SMILES string of the molecule is CCCCCCC(=O)Oc1ccc(OC)c(N=C2NN(c3c(Cl)cc(Cl)cc3Cl)C(=O)C2Sc2cc(C)ccc2OCCCC)c1. The minimum absolute atomic E-state index is 0.188. The van der Waals surface area contributed by atoms with E-state index in [2.05, 4.69) is 19.3 Å². The number of benzene rings is 3. The number of aliphatic imine (C=N–C) groups is 1. The Morgan fingerprint density at radius 1 is 0.957 bits per heavy atom. The average Bonchev–Trinajstić information content (AvgIpc) is 3.30. The summed E-state index contributed by atoms with van der Waals surface area (Å²) in [7, 11) is 1.52. The summed E-state index contributed by atoms with van der Waals surface area (Å²) in [4.78, 5) is 32.3. The third-order valence-corrected chi connectivity index (χ3v) is 9.11. The summed E-state index contributed by atoms with van der Waals surface area (Å²) in [5.74, 6) is 1.02. The summed E-state index contributed by atoms with van der Waals surface area (Å²) in [5, 5.41) is 1.13. The van der Waals surface area contributed by atoms with Gasteiger partial charge in [-0.15, -0.1) is 11.8 Å². The van der Waals surface area contributed by atoms with Gasteiger partial charge >= 0.3 is 5.97 Å². The van der Waals surface area contributed by atoms with Crippen LogP contribution in [0.3, 0.4) is 0 Å². The Kier molecular flexibility index (Phi) is 13.3. The zero-order valence-corrected chi connectivity index (χ0v) is 29.4. The zero-order valence-electron chi connectivity index (χ0n) is 26.3. The van der Waals surface area contributed by atoms with Crippen molar-refractivity contribution in [2.45, 2.75) is 75.9 Å². The third kappa shape index (κ3) is 9.25. The van der Waals surface area contributed by atoms with Crippen LogP contribution < -0.4 is 24.6 Å². The van der Waals surface area contributed by atoms with Gasteiger partial charge in [0.2, 0.25) is 0 Å². The number of nitrogens with one attached hydrogen (secondary N) is 1. The molecular weight excluding hydrogens is 669 g/mol. The predicted molar refractivity (Wildman–Crippen MR) is 188 cm³/mol. The van der Waals surface area contributed by atoms with Crippen LogP contribution in [0.2, 0.25) is 15.1 Å². The first kappa shape index (κ1) is 35.7. The molecule has 0 aromatic heterocycles. The molecular formula is C34H38Cl3N3O5S. The van der Waals surface area contributed by atoms with Gasteiger partial charge < -0.3 is 14.2 Å². The van der Waals surface area contributed by atoms with Crippen LogP contribution in [0.5, 0.6) is 17.2 Å². The monoisotopic (exact) mass is 705 g/mol. The van der Waals surface area contributed by atoms with Crippen LogP contribution in [-0.2, 0) is 9.59 Å². The lowest BCUT2D eigenvalue weighted by Crippen LogP contribution is -2.36. The van der Waals surface area contributed by atoms with Crippen LogP contribution in [0, 0.1) is 6.92 Å². The second-order valence-corrected chi connectivity index (χ2v) is 13.2. The lowest BCUT2D eigenvalue weighted by molar-refractivity contribution is -0.134. The second-order valence-electron chi connectivity index (χ2n) is 10.8. The lowest BCUT2D eigenvalue weighted by atomic mass is 10.1. The standard InChI is InChI=1S/C34H38Cl3N3O5S/c1-5-7-9-10-11-30(41)45-23-13-15-27(43-4)26(20-23)38-33-32(46-29-17-21(3)12-14-28(29)44-16-8-6-2)34(42)40(39-33)31-24(36)18-22(35)19-25(31)37/h12-15,17-20,32H,5-11,16H2,1-4H3,(H,38,39). The van der Waals surface area contributed by atoms with Gasteiger partial charge in [0, 0.05) is 17.5 Å². The largest absolute Gasteiger partial charge is 0.494 e. The number of carbonyl (C=O) groups excluding carboxylic acids is 2. The molecule has 1 N–H and O–H groups in total. The Bertz CT molecular complexity index is 1560. The molecule has 1 aliphatic rings. The zero-order chi connectivity index (χ0) is 33.2. The number of methoxy groups -OCH3 is 1. The molecule has 1 atom stereocenters. The van der Waals surface area contributed by atoms with Crippen LogP contribution in [0.4, 0.5) is 11.4 Å². The van der Waals surface area contributed by atoms with Crippen molar-refractivity contribution in [1.82, 2.24) is 5.43 Å². The van der Waals surface area contributed by atoms with Gasteiger partial charge in [-0.1, -0.05) is 80.4 Å². The van der Waals surface area contributed by atoms with Gasteiger partial charge in [-0.25, -0.2) is 10.0 Å². The summed E-state index contributed by atoms with van der Waals surface area (Å²) in [6.07, 6.45) is 6.09. The lowest BCUT2D eigenvalue weighted by Gasteiger charge is -2.19. The minimum Gasteiger partial charge on any atom is -0.494 e. The Balaban J connectivity index is 1.73. The Morgan fingerprint density at radius 3 is 2.37 bits per heavy atom. The molecule has 1 heterocycles. The van der Waals surface area contributed by atoms with Crippen molar-refractivity contribution in [3.63, 3.8) is 0 Å². The van der Waals surface area contributed by atoms with E-state index in [4.69, 9.17) is 54.0 Å². The van der Waals surface area contributed by atoms with Gasteiger partial charge in [-0.05, 0) is 61.7 Å². The highest BCUT2D eigenvalue weighted by Crippen LogP contribution is 2.42. The number of amides is 1. The maximum atomic E-state index is 14.1. The quantitative estimate of drug-likeness (QED) is 0.0956. The number of esters is 1. The molecule has 1 saturated heterocycles. The number of carbonyl (C=O) groups is 2. The molecule has 1 amide bonds. The molecule has 12 heteroatoms. The molecule has 0 bridgehead atoms. The topological polar surface area (TPSA) is 89.5 Å². The number of rotatable bonds is 15. The molecule has 3 aromatic carbocycles. The number of nitrogens with zero attached hydrogens (tertiary/aromatic N) is 2. The molecule has 246 valence electrons. The van der Waals surface area contributed by atoms with Gasteiger partial charge in [-0.3, -0.25) is 15.0 Å². The van der Waals surface area contributed by atoms with Gasteiger partial charge in [0.25, 0.3) is 5.91 Å². The summed E-state index contributed by atoms with van der Waals surface area (Å²) < 4.78 is 17.3. The van der Waals surface area contributed by atoms with Gasteiger partial charge in [-0.2, -0.15) is 0 Å². The highest BCUT2D eigenvalue weighted by atomic mass is 35.5. The molecule has 1 unspecified atom stereocenters. The van der Waals surface area contributed by atoms with Crippen LogP contribution in [0.1, 0.15) is 64.4 Å². The molecule has 3 aromatic rings. The fourth-order valence-corrected chi connectivity index (χ4v) is 6.84. The molecule has 8 nitrogen and oxygen atoms in total. The summed E-state index contributed by atoms with van der Waals surface area (Å²) >= 11 is 20.5. The van der Waals surface area contributed by atoms with Crippen molar-refractivity contribution < 1.29 is 23.8 Å². The third-order valence-electron chi connectivity index (χ3n) is 7.08. The number of hydrogen-bond donors (Lipinski definition) is 1. The summed E-state index contributed by atoms with van der Waals surface area (Å²) in [6, 6.07) is 13.8. The molecule has 1 fully saturated rings. The van der Waals surface area contributed by atoms with Crippen molar-refractivity contribution in [3.05, 3.63) is 69.2 Å². The summed E-state index contributed by atoms with van der Waals surface area (Å²) in [5.41, 5.74) is 4.72. The maximum Gasteiger partial charge on any atom is 0.311 e. The van der Waals surface area contributed by atoms with Crippen LogP contribution >= 0.6 is 46.6 Å². The Hall–Kier alpha value is -3.11. The number of halogens is 3. The molecule has 0 saturated carbocycles. The van der Waals surface area contributed by atoms with E-state index in [1.165, 1.54) is 36.0 Å². The first-order valence-corrected chi connectivity index (χ1v) is 17.3. The number of ether oxygens (including phenoxy) is 3. The van der Waals surface area contributed by atoms with Crippen molar-refractivity contribution in [2.75, 3.05) is 18.7 Å². The molecule has 0 spiro atoms. The number of anilines is 1. The van der Waals surface area contributed by atoms with Crippen LogP contribution in [0.25, 0.3) is 0 Å². The Labute approximate surface area is 289 Å². The van der Waals surface area contributed by atoms with Gasteiger partial charge in [0.05, 0.1) is 28.7 Å². The maximum absolute atomic E-state index is 14.1. The fraction of sp³-hybridized carbons (Fsp3) is 0.382. The first-order valence-electron chi connectivity index (χ1n) is 15.3. The smallest absolute Gasteiger partial charge is 0.311 e. The number of thioether (sulfide) groups is 1. The van der Waals surface area contributed by atoms with E-state index in [9.17, 15) is 9.59 Å². The number of hydrazine groups is 1. The number of hydrogen-bond acceptors (Lipinski definition) is 7. The van der Waals surface area contributed by atoms with Crippen molar-refractivity contribution in [3.8, 4) is 17.2 Å². The van der Waals surface area contributed by atoms with E-state index in [0.29, 0.717) is 46.8 Å². The molecule has 0 radical (unpaired) electrons. The predicted octanol–water partition coefficient (Wildman–Crippen LogP) is 9.76. The molecule has 1 aliphatic heterocycles. The van der Waals surface area contributed by atoms with Crippen molar-refractivity contribution in [2.24, 2.45) is 4.99 Å². The van der Waals surface area contributed by atoms with Crippen molar-refractivity contribution >= 4 is 75.7 Å². The molecule has 0 aliphatic carbocycles. The first-order chi connectivity index (χ1) is 22.1. The van der Waals surface area contributed by atoms with Crippen molar-refractivity contribution in [1.29, 1.82) is 0 Å². The van der Waals surface area contributed by atoms with E-state index in [-0.39, 0.29) is 27.6 Å².